The van der Waals surface area contributed by atoms with Crippen molar-refractivity contribution >= 4 is 45.4 Å². The fourth-order valence-electron chi connectivity index (χ4n) is 3.98. The van der Waals surface area contributed by atoms with Crippen molar-refractivity contribution in [1.29, 1.82) is 0 Å². The molecule has 1 aliphatic rings. The normalized spacial score (nSPS) is 15.8. The molecule has 1 N–H and O–H groups in total. The molecule has 0 bridgehead atoms. The van der Waals surface area contributed by atoms with Gasteiger partial charge >= 0.3 is 0 Å². The topological polar surface area (TPSA) is 95.6 Å². The number of anilines is 1. The van der Waals surface area contributed by atoms with E-state index in [1.54, 1.807) is 23.8 Å². The maximum atomic E-state index is 13.4. The maximum Gasteiger partial charge on any atom is 0.297 e. The van der Waals surface area contributed by atoms with Crippen LogP contribution in [0.15, 0.2) is 62.9 Å². The summed E-state index contributed by atoms with van der Waals surface area (Å²) < 4.78 is 18.4. The van der Waals surface area contributed by atoms with Crippen LogP contribution in [0.4, 0.5) is 5.69 Å². The standard InChI is InChI=1S/C24H23N3O5S/c1-30-19-11-5-3-9-17(19)25-20(28)14-33-24-26-21-16-8-2-4-10-18(16)32-22(21)23(29)27(24)13-15-7-6-12-31-15/h2-5,8-11,15H,6-7,12-14H2,1H3,(H,25,28)/t15-/m1/s1. The van der Waals surface area contributed by atoms with Gasteiger partial charge in [-0.05, 0) is 37.1 Å². The lowest BCUT2D eigenvalue weighted by atomic mass is 10.2. The van der Waals surface area contributed by atoms with Gasteiger partial charge in [0.2, 0.25) is 11.5 Å². The first kappa shape index (κ1) is 21.5. The summed E-state index contributed by atoms with van der Waals surface area (Å²) in [5, 5.41) is 4.09. The summed E-state index contributed by atoms with van der Waals surface area (Å²) >= 11 is 1.21. The molecule has 1 atom stereocenters. The predicted molar refractivity (Wildman–Crippen MR) is 127 cm³/mol. The van der Waals surface area contributed by atoms with Gasteiger partial charge in [0, 0.05) is 12.0 Å². The number of thioether (sulfide) groups is 1. The van der Waals surface area contributed by atoms with Crippen molar-refractivity contribution in [3.05, 3.63) is 58.9 Å². The third kappa shape index (κ3) is 4.34. The van der Waals surface area contributed by atoms with E-state index in [1.807, 2.05) is 36.4 Å². The second-order valence-corrected chi connectivity index (χ2v) is 8.70. The molecule has 170 valence electrons. The molecule has 4 aromatic rings. The number of para-hydroxylation sites is 3. The second-order valence-electron chi connectivity index (χ2n) is 7.76. The van der Waals surface area contributed by atoms with Crippen molar-refractivity contribution in [2.24, 2.45) is 0 Å². The van der Waals surface area contributed by atoms with E-state index >= 15 is 0 Å². The molecule has 33 heavy (non-hydrogen) atoms. The van der Waals surface area contributed by atoms with Crippen LogP contribution in [0.1, 0.15) is 12.8 Å². The van der Waals surface area contributed by atoms with Gasteiger partial charge in [0.15, 0.2) is 5.16 Å². The number of hydrogen-bond donors (Lipinski definition) is 1. The van der Waals surface area contributed by atoms with Crippen LogP contribution >= 0.6 is 11.8 Å². The fourth-order valence-corrected chi connectivity index (χ4v) is 4.78. The van der Waals surface area contributed by atoms with E-state index < -0.39 is 0 Å². The van der Waals surface area contributed by atoms with Crippen molar-refractivity contribution in [1.82, 2.24) is 9.55 Å². The highest BCUT2D eigenvalue weighted by molar-refractivity contribution is 7.99. The molecule has 1 saturated heterocycles. The Kier molecular flexibility index (Phi) is 6.06. The molecule has 1 fully saturated rings. The molecule has 1 aliphatic heterocycles. The molecule has 2 aromatic heterocycles. The first-order valence-corrected chi connectivity index (χ1v) is 11.7. The van der Waals surface area contributed by atoms with E-state index in [4.69, 9.17) is 18.9 Å². The number of hydrogen-bond acceptors (Lipinski definition) is 7. The van der Waals surface area contributed by atoms with Crippen LogP contribution in [0, 0.1) is 0 Å². The average molecular weight is 466 g/mol. The number of amides is 1. The van der Waals surface area contributed by atoms with Crippen LogP contribution < -0.4 is 15.6 Å². The van der Waals surface area contributed by atoms with Crippen LogP contribution in [-0.4, -0.2) is 41.0 Å². The molecule has 0 radical (unpaired) electrons. The minimum Gasteiger partial charge on any atom is -0.495 e. The number of nitrogens with one attached hydrogen (secondary N) is 1. The van der Waals surface area contributed by atoms with E-state index in [9.17, 15) is 9.59 Å². The SMILES string of the molecule is COc1ccccc1NC(=O)CSc1nc2c(oc3ccccc32)c(=O)n1C[C@H]1CCCO1. The van der Waals surface area contributed by atoms with Crippen LogP contribution in [-0.2, 0) is 16.1 Å². The Hall–Kier alpha value is -3.30. The van der Waals surface area contributed by atoms with Crippen LogP contribution in [0.25, 0.3) is 22.1 Å². The number of methoxy groups -OCH3 is 1. The fraction of sp³-hybridized carbons (Fsp3) is 0.292. The summed E-state index contributed by atoms with van der Waals surface area (Å²) in [4.78, 5) is 30.8. The molecular weight excluding hydrogens is 442 g/mol. The van der Waals surface area contributed by atoms with Crippen molar-refractivity contribution in [3.63, 3.8) is 0 Å². The van der Waals surface area contributed by atoms with Gasteiger partial charge < -0.3 is 19.2 Å². The molecule has 8 nitrogen and oxygen atoms in total. The number of nitrogens with zero attached hydrogens (tertiary/aromatic N) is 2. The number of fused-ring (bicyclic) bond motifs is 3. The van der Waals surface area contributed by atoms with Crippen LogP contribution in [0.5, 0.6) is 5.75 Å². The lowest BCUT2D eigenvalue weighted by Crippen LogP contribution is -2.29. The highest BCUT2D eigenvalue weighted by atomic mass is 32.2. The monoisotopic (exact) mass is 465 g/mol. The summed E-state index contributed by atoms with van der Waals surface area (Å²) in [7, 11) is 1.55. The summed E-state index contributed by atoms with van der Waals surface area (Å²) in [5.41, 5.74) is 1.66. The molecular formula is C24H23N3O5S. The lowest BCUT2D eigenvalue weighted by Gasteiger charge is -2.15. The van der Waals surface area contributed by atoms with Crippen LogP contribution in [0.3, 0.4) is 0 Å². The third-order valence-corrected chi connectivity index (χ3v) is 6.55. The molecule has 0 aliphatic carbocycles. The van der Waals surface area contributed by atoms with Gasteiger partial charge in [0.25, 0.3) is 5.56 Å². The van der Waals surface area contributed by atoms with Crippen molar-refractivity contribution in [2.75, 3.05) is 24.8 Å². The van der Waals surface area contributed by atoms with E-state index in [-0.39, 0.29) is 28.9 Å². The molecule has 2 aromatic carbocycles. The summed E-state index contributed by atoms with van der Waals surface area (Å²) in [6.07, 6.45) is 1.78. The molecule has 1 amide bonds. The van der Waals surface area contributed by atoms with Gasteiger partial charge in [-0.15, -0.1) is 0 Å². The molecule has 0 unspecified atom stereocenters. The Morgan fingerprint density at radius 3 is 2.88 bits per heavy atom. The minimum absolute atomic E-state index is 0.0620. The molecule has 0 saturated carbocycles. The number of carbonyl (C=O) groups is 1. The minimum atomic E-state index is -0.265. The first-order valence-electron chi connectivity index (χ1n) is 10.7. The molecule has 9 heteroatoms. The maximum absolute atomic E-state index is 13.4. The van der Waals surface area contributed by atoms with Gasteiger partial charge in [0.1, 0.15) is 16.8 Å². The Bertz CT molecular complexity index is 1370. The summed E-state index contributed by atoms with van der Waals surface area (Å²) in [6.45, 7) is 1.05. The zero-order chi connectivity index (χ0) is 22.8. The lowest BCUT2D eigenvalue weighted by molar-refractivity contribution is -0.113. The van der Waals surface area contributed by atoms with Gasteiger partial charge in [-0.3, -0.25) is 14.2 Å². The van der Waals surface area contributed by atoms with Gasteiger partial charge in [-0.1, -0.05) is 36.0 Å². The Labute approximate surface area is 193 Å². The number of rotatable bonds is 7. The summed E-state index contributed by atoms with van der Waals surface area (Å²) in [5.74, 6) is 0.437. The van der Waals surface area contributed by atoms with Crippen molar-refractivity contribution in [3.8, 4) is 5.75 Å². The summed E-state index contributed by atoms with van der Waals surface area (Å²) in [6, 6.07) is 14.6. The molecule has 0 spiro atoms. The average Bonchev–Trinajstić information content (AvgIpc) is 3.48. The van der Waals surface area contributed by atoms with Gasteiger partial charge in [0.05, 0.1) is 31.2 Å². The smallest absolute Gasteiger partial charge is 0.297 e. The number of ether oxygens (including phenoxy) is 2. The zero-order valence-electron chi connectivity index (χ0n) is 18.1. The van der Waals surface area contributed by atoms with Crippen molar-refractivity contribution < 1.29 is 18.7 Å². The van der Waals surface area contributed by atoms with Gasteiger partial charge in [-0.2, -0.15) is 0 Å². The Balaban J connectivity index is 1.46. The molecule has 3 heterocycles. The Morgan fingerprint density at radius 1 is 1.24 bits per heavy atom. The quantitative estimate of drug-likeness (QED) is 0.325. The number of aromatic nitrogens is 2. The van der Waals surface area contributed by atoms with E-state index in [2.05, 4.69) is 5.32 Å². The van der Waals surface area contributed by atoms with E-state index in [0.717, 1.165) is 18.2 Å². The number of benzene rings is 2. The van der Waals surface area contributed by atoms with Crippen LogP contribution in [0.2, 0.25) is 0 Å². The van der Waals surface area contributed by atoms with Gasteiger partial charge in [-0.25, -0.2) is 4.98 Å². The van der Waals surface area contributed by atoms with Crippen molar-refractivity contribution in [2.45, 2.75) is 30.6 Å². The first-order chi connectivity index (χ1) is 16.1. The highest BCUT2D eigenvalue weighted by Gasteiger charge is 2.23. The Morgan fingerprint density at radius 2 is 2.06 bits per heavy atom. The molecule has 5 rings (SSSR count). The third-order valence-electron chi connectivity index (χ3n) is 5.57. The number of furan rings is 1. The van der Waals surface area contributed by atoms with E-state index in [1.165, 1.54) is 11.8 Å². The predicted octanol–water partition coefficient (Wildman–Crippen LogP) is 4.06. The second kappa shape index (κ2) is 9.29. The zero-order valence-corrected chi connectivity index (χ0v) is 18.9. The highest BCUT2D eigenvalue weighted by Crippen LogP contribution is 2.28. The van der Waals surface area contributed by atoms with E-state index in [0.29, 0.717) is 40.8 Å². The largest absolute Gasteiger partial charge is 0.495 e. The number of carbonyl (C=O) groups excluding carboxylic acids is 1.